The highest BCUT2D eigenvalue weighted by atomic mass is 16.7. The molecule has 7 N–H and O–H groups in total. The van der Waals surface area contributed by atoms with Gasteiger partial charge in [0.2, 0.25) is 0 Å². The van der Waals surface area contributed by atoms with Crippen LogP contribution in [0.5, 0.6) is 0 Å². The molecule has 428 valence electrons. The zero-order chi connectivity index (χ0) is 53.2. The first kappa shape index (κ1) is 67.1. The molecule has 11 atom stereocenters. The minimum absolute atomic E-state index is 0.109. The van der Waals surface area contributed by atoms with Gasteiger partial charge >= 0.3 is 11.9 Å². The van der Waals surface area contributed by atoms with Crippen molar-refractivity contribution in [2.24, 2.45) is 0 Å². The van der Waals surface area contributed by atoms with E-state index in [0.29, 0.717) is 19.3 Å². The molecule has 0 amide bonds. The van der Waals surface area contributed by atoms with Crippen LogP contribution >= 0.6 is 0 Å². The summed E-state index contributed by atoms with van der Waals surface area (Å²) >= 11 is 0. The number of unbranched alkanes of at least 4 members (excludes halogenated alkanes) is 29. The topological polar surface area (TPSA) is 231 Å². The fourth-order valence-electron chi connectivity index (χ4n) is 9.36. The molecule has 2 aliphatic rings. The summed E-state index contributed by atoms with van der Waals surface area (Å²) in [5, 5.41) is 72.2. The Morgan fingerprint density at radius 1 is 0.425 bits per heavy atom. The van der Waals surface area contributed by atoms with Crippen LogP contribution in [0.2, 0.25) is 0 Å². The molecule has 4 unspecified atom stereocenters. The van der Waals surface area contributed by atoms with E-state index in [1.165, 1.54) is 154 Å². The van der Waals surface area contributed by atoms with E-state index in [2.05, 4.69) is 38.2 Å². The largest absolute Gasteiger partial charge is 0.462 e. The van der Waals surface area contributed by atoms with E-state index in [1.807, 2.05) is 0 Å². The first-order valence-electron chi connectivity index (χ1n) is 29.4. The number of esters is 2. The number of hydrogen-bond acceptors (Lipinski definition) is 15. The van der Waals surface area contributed by atoms with Crippen molar-refractivity contribution in [1.29, 1.82) is 0 Å². The Labute approximate surface area is 441 Å². The quantitative estimate of drug-likeness (QED) is 0.0171. The highest BCUT2D eigenvalue weighted by Crippen LogP contribution is 2.27. The fourth-order valence-corrected chi connectivity index (χ4v) is 9.36. The van der Waals surface area contributed by atoms with Crippen molar-refractivity contribution in [2.45, 2.75) is 306 Å². The van der Waals surface area contributed by atoms with E-state index in [9.17, 15) is 45.3 Å². The van der Waals surface area contributed by atoms with Crippen molar-refractivity contribution in [1.82, 2.24) is 0 Å². The average Bonchev–Trinajstić information content (AvgIpc) is 3.38. The van der Waals surface area contributed by atoms with Gasteiger partial charge in [0.05, 0.1) is 19.8 Å². The molecule has 2 rings (SSSR count). The second-order valence-corrected chi connectivity index (χ2v) is 20.8. The molecule has 15 heteroatoms. The van der Waals surface area contributed by atoms with Crippen molar-refractivity contribution < 1.29 is 73.8 Å². The van der Waals surface area contributed by atoms with Gasteiger partial charge in [0, 0.05) is 12.8 Å². The molecule has 0 aromatic rings. The van der Waals surface area contributed by atoms with Crippen LogP contribution in [-0.4, -0.2) is 142 Å². The van der Waals surface area contributed by atoms with Crippen LogP contribution in [0.25, 0.3) is 0 Å². The standard InChI is InChI=1S/C58H106O15/c1-3-5-7-9-11-13-15-17-19-20-21-22-23-24-25-26-27-29-31-33-35-37-39-41-50(61)71-46(43-68-49(60)40-38-36-34-32-30-28-18-16-14-12-10-8-6-4-2)44-69-57-56(67)54(65)52(63)48(73-57)45-70-58-55(66)53(64)51(62)47(42-59)72-58/h26-27,33,35,46-48,51-59,62-67H,3-25,28-32,34,36-45H2,1-2H3/b27-26+,35-33+/t46-,47+,48+,51-,52-,53?,54?,55?,56?,57+,58+/m1/s1. The summed E-state index contributed by atoms with van der Waals surface area (Å²) in [6.07, 6.45) is 32.2. The van der Waals surface area contributed by atoms with Gasteiger partial charge in [-0.15, -0.1) is 0 Å². The van der Waals surface area contributed by atoms with Gasteiger partial charge in [0.1, 0.15) is 55.4 Å². The van der Waals surface area contributed by atoms with Crippen LogP contribution in [-0.2, 0) is 38.0 Å². The third-order valence-electron chi connectivity index (χ3n) is 14.2. The van der Waals surface area contributed by atoms with Gasteiger partial charge in [-0.3, -0.25) is 9.59 Å². The Kier molecular flexibility index (Phi) is 41.4. The summed E-state index contributed by atoms with van der Waals surface area (Å²) in [5.74, 6) is -0.962. The zero-order valence-corrected chi connectivity index (χ0v) is 45.6. The first-order valence-corrected chi connectivity index (χ1v) is 29.4. The predicted molar refractivity (Wildman–Crippen MR) is 284 cm³/mol. The van der Waals surface area contributed by atoms with Gasteiger partial charge in [-0.2, -0.15) is 0 Å². The van der Waals surface area contributed by atoms with E-state index in [4.69, 9.17) is 28.4 Å². The summed E-state index contributed by atoms with van der Waals surface area (Å²) in [5.41, 5.74) is 0. The van der Waals surface area contributed by atoms with Crippen LogP contribution < -0.4 is 0 Å². The van der Waals surface area contributed by atoms with E-state index in [-0.39, 0.29) is 19.4 Å². The van der Waals surface area contributed by atoms with Crippen molar-refractivity contribution in [2.75, 3.05) is 26.4 Å². The molecule has 0 radical (unpaired) electrons. The summed E-state index contributed by atoms with van der Waals surface area (Å²) in [7, 11) is 0. The van der Waals surface area contributed by atoms with E-state index in [0.717, 1.165) is 38.5 Å². The normalized spacial score (nSPS) is 24.9. The molecular formula is C58H106O15. The molecule has 73 heavy (non-hydrogen) atoms. The lowest BCUT2D eigenvalue weighted by molar-refractivity contribution is -0.332. The fraction of sp³-hybridized carbons (Fsp3) is 0.897. The Morgan fingerprint density at radius 2 is 0.808 bits per heavy atom. The minimum Gasteiger partial charge on any atom is -0.462 e. The third-order valence-corrected chi connectivity index (χ3v) is 14.2. The molecule has 0 aromatic heterocycles. The molecule has 2 fully saturated rings. The molecule has 2 saturated heterocycles. The molecule has 2 heterocycles. The van der Waals surface area contributed by atoms with E-state index >= 15 is 0 Å². The summed E-state index contributed by atoms with van der Waals surface area (Å²) in [4.78, 5) is 25.8. The maximum absolute atomic E-state index is 13.0. The molecule has 0 spiro atoms. The lowest BCUT2D eigenvalue weighted by Crippen LogP contribution is -2.61. The van der Waals surface area contributed by atoms with Gasteiger partial charge in [-0.25, -0.2) is 0 Å². The SMILES string of the molecule is CCCCCCCCCCCCCCCC/C=C/CC/C=C/CCCC(=O)O[C@H](COC(=O)CCCCCCCCCCCCCCCC)CO[C@H]1O[C@@H](CO[C@H]2O[C@@H](CO)[C@@H](O)C(O)C2O)[C@@H](O)C(O)C1O. The monoisotopic (exact) mass is 1040 g/mol. The number of aliphatic hydroxyl groups excluding tert-OH is 7. The lowest BCUT2D eigenvalue weighted by atomic mass is 9.98. The zero-order valence-electron chi connectivity index (χ0n) is 45.6. The summed E-state index contributed by atoms with van der Waals surface area (Å²) in [6.45, 7) is 2.59. The molecule has 0 saturated carbocycles. The molecule has 0 aromatic carbocycles. The van der Waals surface area contributed by atoms with Crippen molar-refractivity contribution in [3.05, 3.63) is 24.3 Å². The van der Waals surface area contributed by atoms with E-state index < -0.39 is 99.3 Å². The number of hydrogen-bond donors (Lipinski definition) is 7. The van der Waals surface area contributed by atoms with Gasteiger partial charge in [-0.1, -0.05) is 205 Å². The van der Waals surface area contributed by atoms with Crippen LogP contribution in [0.4, 0.5) is 0 Å². The van der Waals surface area contributed by atoms with Crippen LogP contribution in [0, 0.1) is 0 Å². The van der Waals surface area contributed by atoms with Crippen molar-refractivity contribution in [3.8, 4) is 0 Å². The number of allylic oxidation sites excluding steroid dienone is 4. The number of ether oxygens (including phenoxy) is 6. The van der Waals surface area contributed by atoms with Gasteiger partial charge in [0.25, 0.3) is 0 Å². The van der Waals surface area contributed by atoms with Crippen molar-refractivity contribution in [3.63, 3.8) is 0 Å². The number of carbonyl (C=O) groups is 2. The highest BCUT2D eigenvalue weighted by molar-refractivity contribution is 5.70. The average molecular weight is 1040 g/mol. The summed E-state index contributed by atoms with van der Waals surface area (Å²) in [6, 6.07) is 0. The van der Waals surface area contributed by atoms with E-state index in [1.54, 1.807) is 0 Å². The third kappa shape index (κ3) is 32.4. The van der Waals surface area contributed by atoms with Gasteiger partial charge < -0.3 is 64.2 Å². The van der Waals surface area contributed by atoms with Crippen molar-refractivity contribution >= 4 is 11.9 Å². The predicted octanol–water partition coefficient (Wildman–Crippen LogP) is 9.89. The summed E-state index contributed by atoms with van der Waals surface area (Å²) < 4.78 is 33.6. The molecule has 0 aliphatic carbocycles. The Morgan fingerprint density at radius 3 is 1.29 bits per heavy atom. The second kappa shape index (κ2) is 45.0. The maximum atomic E-state index is 13.0. The smallest absolute Gasteiger partial charge is 0.306 e. The highest BCUT2D eigenvalue weighted by Gasteiger charge is 2.47. The maximum Gasteiger partial charge on any atom is 0.306 e. The Bertz CT molecular complexity index is 1360. The van der Waals surface area contributed by atoms with Gasteiger partial charge in [-0.05, 0) is 44.9 Å². The number of rotatable bonds is 47. The number of aliphatic hydroxyl groups is 7. The van der Waals surface area contributed by atoms with Crippen LogP contribution in [0.15, 0.2) is 24.3 Å². The molecular weight excluding hydrogens is 937 g/mol. The first-order chi connectivity index (χ1) is 35.5. The van der Waals surface area contributed by atoms with Gasteiger partial charge in [0.15, 0.2) is 18.7 Å². The van der Waals surface area contributed by atoms with Crippen LogP contribution in [0.3, 0.4) is 0 Å². The molecule has 2 aliphatic heterocycles. The molecule has 0 bridgehead atoms. The molecule has 15 nitrogen and oxygen atoms in total. The minimum atomic E-state index is -1.77. The second-order valence-electron chi connectivity index (χ2n) is 20.8. The number of carbonyl (C=O) groups excluding carboxylic acids is 2. The Balaban J connectivity index is 1.75. The lowest BCUT2D eigenvalue weighted by Gasteiger charge is -2.42. The van der Waals surface area contributed by atoms with Crippen LogP contribution in [0.1, 0.15) is 239 Å². The Hall–Kier alpha value is -2.02.